The van der Waals surface area contributed by atoms with Gasteiger partial charge in [0.25, 0.3) is 5.91 Å². The summed E-state index contributed by atoms with van der Waals surface area (Å²) >= 11 is 0. The van der Waals surface area contributed by atoms with E-state index >= 15 is 0 Å². The zero-order valence-electron chi connectivity index (χ0n) is 17.1. The highest BCUT2D eigenvalue weighted by Gasteiger charge is 2.27. The van der Waals surface area contributed by atoms with Gasteiger partial charge in [0.1, 0.15) is 17.7 Å². The number of rotatable bonds is 8. The van der Waals surface area contributed by atoms with Gasteiger partial charge in [-0.1, -0.05) is 13.8 Å². The minimum absolute atomic E-state index is 0.0217. The Morgan fingerprint density at radius 3 is 2.52 bits per heavy atom. The second-order valence-electron chi connectivity index (χ2n) is 7.63. The van der Waals surface area contributed by atoms with Crippen molar-refractivity contribution in [2.75, 3.05) is 7.11 Å². The number of nitrogens with two attached hydrogens (primary N) is 1. The molecule has 4 N–H and O–H groups in total. The maximum Gasteiger partial charge on any atom is 0.328 e. The van der Waals surface area contributed by atoms with Gasteiger partial charge in [0.2, 0.25) is 5.88 Å². The predicted octanol–water partition coefficient (Wildman–Crippen LogP) is 1.76. The molecule has 1 saturated carbocycles. The van der Waals surface area contributed by atoms with Crippen molar-refractivity contribution in [1.82, 2.24) is 15.6 Å². The van der Waals surface area contributed by atoms with Gasteiger partial charge in [0.15, 0.2) is 0 Å². The van der Waals surface area contributed by atoms with E-state index < -0.39 is 17.9 Å². The maximum atomic E-state index is 12.3. The van der Waals surface area contributed by atoms with Crippen molar-refractivity contribution in [2.24, 2.45) is 11.7 Å². The van der Waals surface area contributed by atoms with Crippen molar-refractivity contribution in [3.8, 4) is 5.88 Å². The molecule has 0 radical (unpaired) electrons. The lowest BCUT2D eigenvalue weighted by atomic mass is 9.93. The predicted molar refractivity (Wildman–Crippen MR) is 106 cm³/mol. The molecule has 0 unspecified atom stereocenters. The van der Waals surface area contributed by atoms with Gasteiger partial charge < -0.3 is 25.8 Å². The molecule has 1 heterocycles. The zero-order valence-corrected chi connectivity index (χ0v) is 17.1. The molecule has 0 bridgehead atoms. The molecule has 9 nitrogen and oxygen atoms in total. The van der Waals surface area contributed by atoms with Crippen LogP contribution in [0.15, 0.2) is 18.3 Å². The molecule has 1 atom stereocenters. The van der Waals surface area contributed by atoms with E-state index in [1.807, 2.05) is 13.8 Å². The maximum absolute atomic E-state index is 12.3. The van der Waals surface area contributed by atoms with Crippen molar-refractivity contribution in [3.63, 3.8) is 0 Å². The number of primary amides is 1. The van der Waals surface area contributed by atoms with Gasteiger partial charge in [-0.05, 0) is 50.2 Å². The summed E-state index contributed by atoms with van der Waals surface area (Å²) in [6.07, 6.45) is 4.78. The molecule has 0 aliphatic heterocycles. The Bertz CT molecular complexity index is 717. The molecule has 0 spiro atoms. The number of esters is 1. The Hall–Kier alpha value is -2.84. The van der Waals surface area contributed by atoms with E-state index in [1.165, 1.54) is 7.11 Å². The first-order valence-electron chi connectivity index (χ1n) is 9.86. The van der Waals surface area contributed by atoms with E-state index in [9.17, 15) is 14.4 Å². The summed E-state index contributed by atoms with van der Waals surface area (Å²) in [5.41, 5.74) is 5.61. The normalized spacial score (nSPS) is 19.9. The molecule has 160 valence electrons. The molecule has 0 aromatic carbocycles. The van der Waals surface area contributed by atoms with E-state index in [4.69, 9.17) is 15.2 Å². The Labute approximate surface area is 170 Å². The summed E-state index contributed by atoms with van der Waals surface area (Å²) in [5, 5.41) is 5.61. The zero-order chi connectivity index (χ0) is 21.4. The molecule has 29 heavy (non-hydrogen) atoms. The summed E-state index contributed by atoms with van der Waals surface area (Å²) in [6.45, 7) is 3.95. The lowest BCUT2D eigenvalue weighted by Gasteiger charge is -2.30. The summed E-state index contributed by atoms with van der Waals surface area (Å²) < 4.78 is 10.6. The third-order valence-corrected chi connectivity index (χ3v) is 4.82. The largest absolute Gasteiger partial charge is 0.474 e. The van der Waals surface area contributed by atoms with E-state index in [0.717, 1.165) is 0 Å². The van der Waals surface area contributed by atoms with Crippen molar-refractivity contribution >= 4 is 17.9 Å². The third-order valence-electron chi connectivity index (χ3n) is 4.82. The lowest BCUT2D eigenvalue weighted by molar-refractivity contribution is -0.143. The fourth-order valence-electron chi connectivity index (χ4n) is 3.37. The molecule has 1 aromatic heterocycles. The second kappa shape index (κ2) is 10.6. The number of ether oxygens (including phenoxy) is 2. The van der Waals surface area contributed by atoms with Crippen LogP contribution in [0.5, 0.6) is 5.88 Å². The van der Waals surface area contributed by atoms with E-state index in [2.05, 4.69) is 15.6 Å². The fourth-order valence-corrected chi connectivity index (χ4v) is 3.37. The SMILES string of the molecule is COC(=O)[C@H](CC(C)C)NC(=O)NC1CCC(Oc2ncccc2C(N)=O)CC1. The number of nitrogens with one attached hydrogen (secondary N) is 2. The van der Waals surface area contributed by atoms with E-state index in [1.54, 1.807) is 18.3 Å². The molecular weight excluding hydrogens is 376 g/mol. The van der Waals surface area contributed by atoms with Crippen LogP contribution >= 0.6 is 0 Å². The number of methoxy groups -OCH3 is 1. The summed E-state index contributed by atoms with van der Waals surface area (Å²) in [6, 6.07) is 2.14. The molecule has 3 amide bonds. The highest BCUT2D eigenvalue weighted by atomic mass is 16.5. The first-order chi connectivity index (χ1) is 13.8. The quantitative estimate of drug-likeness (QED) is 0.564. The highest BCUT2D eigenvalue weighted by molar-refractivity contribution is 5.94. The fraction of sp³-hybridized carbons (Fsp3) is 0.600. The molecule has 0 saturated heterocycles. The van der Waals surface area contributed by atoms with E-state index in [-0.39, 0.29) is 35.5 Å². The third kappa shape index (κ3) is 6.92. The van der Waals surface area contributed by atoms with Gasteiger partial charge in [0, 0.05) is 12.2 Å². The van der Waals surface area contributed by atoms with Crippen LogP contribution in [-0.2, 0) is 9.53 Å². The number of amides is 3. The Morgan fingerprint density at radius 1 is 1.24 bits per heavy atom. The Balaban J connectivity index is 1.82. The molecular formula is C20H30N4O5. The van der Waals surface area contributed by atoms with Gasteiger partial charge in [-0.3, -0.25) is 4.79 Å². The smallest absolute Gasteiger partial charge is 0.328 e. The van der Waals surface area contributed by atoms with Gasteiger partial charge in [-0.2, -0.15) is 0 Å². The second-order valence-corrected chi connectivity index (χ2v) is 7.63. The number of pyridine rings is 1. The van der Waals surface area contributed by atoms with Gasteiger partial charge in [0.05, 0.1) is 7.11 Å². The summed E-state index contributed by atoms with van der Waals surface area (Å²) in [4.78, 5) is 39.7. The van der Waals surface area contributed by atoms with Crippen LogP contribution in [0, 0.1) is 5.92 Å². The first kappa shape index (κ1) is 22.4. The molecule has 9 heteroatoms. The van der Waals surface area contributed by atoms with Gasteiger partial charge in [-0.25, -0.2) is 14.6 Å². The lowest BCUT2D eigenvalue weighted by Crippen LogP contribution is -2.50. The van der Waals surface area contributed by atoms with E-state index in [0.29, 0.717) is 32.1 Å². The monoisotopic (exact) mass is 406 g/mol. The van der Waals surface area contributed by atoms with Crippen molar-refractivity contribution in [2.45, 2.75) is 64.1 Å². The number of nitrogens with zero attached hydrogens (tertiary/aromatic N) is 1. The summed E-state index contributed by atoms with van der Waals surface area (Å²) in [5.74, 6) is -0.555. The Kier molecular flexibility index (Phi) is 8.23. The van der Waals surface area contributed by atoms with Gasteiger partial charge >= 0.3 is 12.0 Å². The minimum atomic E-state index is -0.670. The average Bonchev–Trinajstić information content (AvgIpc) is 2.68. The molecule has 1 aliphatic carbocycles. The van der Waals surface area contributed by atoms with Crippen LogP contribution in [0.25, 0.3) is 0 Å². The summed E-state index contributed by atoms with van der Waals surface area (Å²) in [7, 11) is 1.31. The number of urea groups is 1. The van der Waals surface area contributed by atoms with Crippen molar-refractivity contribution < 1.29 is 23.9 Å². The molecule has 1 fully saturated rings. The number of hydrogen-bond donors (Lipinski definition) is 3. The molecule has 2 rings (SSSR count). The van der Waals surface area contributed by atoms with Crippen molar-refractivity contribution in [3.05, 3.63) is 23.9 Å². The van der Waals surface area contributed by atoms with Crippen LogP contribution in [0.4, 0.5) is 4.79 Å². The number of carbonyl (C=O) groups excluding carboxylic acids is 3. The number of hydrogen-bond acceptors (Lipinski definition) is 6. The number of carbonyl (C=O) groups is 3. The number of aromatic nitrogens is 1. The molecule has 1 aromatic rings. The topological polar surface area (TPSA) is 133 Å². The average molecular weight is 406 g/mol. The van der Waals surface area contributed by atoms with Crippen LogP contribution in [-0.4, -0.2) is 48.2 Å². The van der Waals surface area contributed by atoms with Gasteiger partial charge in [-0.15, -0.1) is 0 Å². The first-order valence-corrected chi connectivity index (χ1v) is 9.86. The highest BCUT2D eigenvalue weighted by Crippen LogP contribution is 2.24. The van der Waals surface area contributed by atoms with Crippen LogP contribution in [0.3, 0.4) is 0 Å². The molecule has 1 aliphatic rings. The Morgan fingerprint density at radius 2 is 1.93 bits per heavy atom. The van der Waals surface area contributed by atoms with Crippen LogP contribution < -0.4 is 21.1 Å². The standard InChI is InChI=1S/C20H30N4O5/c1-12(2)11-16(19(26)28-3)24-20(27)23-13-6-8-14(9-7-13)29-18-15(17(21)25)5-4-10-22-18/h4-5,10,12-14,16H,6-9,11H2,1-3H3,(H2,21,25)(H2,23,24,27)/t13?,14?,16-/m0/s1. The van der Waals surface area contributed by atoms with Crippen molar-refractivity contribution in [1.29, 1.82) is 0 Å². The van der Waals surface area contributed by atoms with Crippen LogP contribution in [0.2, 0.25) is 0 Å². The minimum Gasteiger partial charge on any atom is -0.474 e. The van der Waals surface area contributed by atoms with Crippen LogP contribution in [0.1, 0.15) is 56.3 Å².